The maximum Gasteiger partial charge on any atom is 0.332 e. The molecule has 3 aromatic rings. The van der Waals surface area contributed by atoms with E-state index in [1.54, 1.807) is 6.07 Å². The first-order valence-corrected chi connectivity index (χ1v) is 9.58. The Kier molecular flexibility index (Phi) is 6.44. The number of benzene rings is 1. The molecule has 2 N–H and O–H groups in total. The Balaban J connectivity index is 1.96. The van der Waals surface area contributed by atoms with E-state index in [1.165, 1.54) is 30.3 Å². The van der Waals surface area contributed by atoms with E-state index in [9.17, 15) is 19.5 Å². The van der Waals surface area contributed by atoms with E-state index in [-0.39, 0.29) is 36.8 Å². The van der Waals surface area contributed by atoms with E-state index in [0.717, 1.165) is 10.1 Å². The number of hydrogen-bond donors (Lipinski definition) is 2. The first-order chi connectivity index (χ1) is 14.7. The summed E-state index contributed by atoms with van der Waals surface area (Å²) in [6.07, 6.45) is -1.00. The summed E-state index contributed by atoms with van der Waals surface area (Å²) in [4.78, 5) is 40.9. The third-order valence-electron chi connectivity index (χ3n) is 4.88. The van der Waals surface area contributed by atoms with Crippen molar-refractivity contribution >= 4 is 23.1 Å². The van der Waals surface area contributed by atoms with Gasteiger partial charge < -0.3 is 24.5 Å². The number of para-hydroxylation sites is 1. The van der Waals surface area contributed by atoms with Gasteiger partial charge in [0, 0.05) is 14.1 Å². The predicted octanol–water partition coefficient (Wildman–Crippen LogP) is -0.233. The molecule has 0 amide bonds. The Hall–Kier alpha value is -3.60. The van der Waals surface area contributed by atoms with Crippen LogP contribution in [0.4, 0.5) is 5.95 Å². The summed E-state index contributed by atoms with van der Waals surface area (Å²) in [6.45, 7) is 1.60. The molecule has 1 unspecified atom stereocenters. The molecular formula is C20H25N5O6. The van der Waals surface area contributed by atoms with Crippen molar-refractivity contribution < 1.29 is 19.4 Å². The number of aliphatic hydroxyl groups is 1. The largest absolute Gasteiger partial charge is 0.491 e. The molecule has 1 aromatic carbocycles. The molecule has 31 heavy (non-hydrogen) atoms. The van der Waals surface area contributed by atoms with Gasteiger partial charge in [0.2, 0.25) is 5.95 Å². The van der Waals surface area contributed by atoms with E-state index in [4.69, 9.17) is 4.74 Å². The van der Waals surface area contributed by atoms with Crippen LogP contribution in [-0.4, -0.2) is 56.1 Å². The third kappa shape index (κ3) is 4.45. The molecule has 166 valence electrons. The molecule has 0 aliphatic rings. The Morgan fingerprint density at radius 2 is 1.94 bits per heavy atom. The molecule has 0 saturated heterocycles. The van der Waals surface area contributed by atoms with Gasteiger partial charge in [-0.1, -0.05) is 18.2 Å². The number of methoxy groups -OCH3 is 1. The Morgan fingerprint density at radius 1 is 1.23 bits per heavy atom. The van der Waals surface area contributed by atoms with Crippen molar-refractivity contribution in [2.24, 2.45) is 14.1 Å². The van der Waals surface area contributed by atoms with Crippen molar-refractivity contribution in [1.82, 2.24) is 18.7 Å². The number of aliphatic hydroxyl groups excluding tert-OH is 1. The molecule has 2 heterocycles. The smallest absolute Gasteiger partial charge is 0.332 e. The first-order valence-electron chi connectivity index (χ1n) is 9.58. The number of aromatic nitrogens is 4. The van der Waals surface area contributed by atoms with E-state index >= 15 is 0 Å². The van der Waals surface area contributed by atoms with E-state index < -0.39 is 23.3 Å². The van der Waals surface area contributed by atoms with E-state index in [1.807, 2.05) is 25.1 Å². The molecule has 3 rings (SSSR count). The number of aryl methyl sites for hydroxylation is 2. The summed E-state index contributed by atoms with van der Waals surface area (Å²) in [5, 5.41) is 13.4. The fourth-order valence-electron chi connectivity index (χ4n) is 3.15. The molecular weight excluding hydrogens is 406 g/mol. The molecule has 1 atom stereocenters. The summed E-state index contributed by atoms with van der Waals surface area (Å²) in [7, 11) is 4.10. The lowest BCUT2D eigenvalue weighted by Gasteiger charge is -2.16. The van der Waals surface area contributed by atoms with Crippen LogP contribution < -0.4 is 21.3 Å². The van der Waals surface area contributed by atoms with Gasteiger partial charge in [-0.3, -0.25) is 18.7 Å². The van der Waals surface area contributed by atoms with Crippen molar-refractivity contribution in [3.63, 3.8) is 0 Å². The SMILES string of the molecule is COC(=O)CNc1nc2c(c(=O)n(C)c(=O)n2C)n1CC(O)COc1ccccc1C. The van der Waals surface area contributed by atoms with Gasteiger partial charge in [0.1, 0.15) is 25.0 Å². The van der Waals surface area contributed by atoms with Gasteiger partial charge in [-0.2, -0.15) is 4.98 Å². The second kappa shape index (κ2) is 9.04. The number of anilines is 1. The lowest BCUT2D eigenvalue weighted by atomic mass is 10.2. The quantitative estimate of drug-likeness (QED) is 0.468. The monoisotopic (exact) mass is 431 g/mol. The minimum atomic E-state index is -1.00. The summed E-state index contributed by atoms with van der Waals surface area (Å²) in [5.74, 6) is 0.247. The normalized spacial score (nSPS) is 12.0. The zero-order valence-corrected chi connectivity index (χ0v) is 17.8. The summed E-state index contributed by atoms with van der Waals surface area (Å²) >= 11 is 0. The van der Waals surface area contributed by atoms with Gasteiger partial charge in [-0.15, -0.1) is 0 Å². The fraction of sp³-hybridized carbons (Fsp3) is 0.400. The minimum absolute atomic E-state index is 0.0347. The molecule has 0 radical (unpaired) electrons. The highest BCUT2D eigenvalue weighted by molar-refractivity contribution is 5.77. The summed E-state index contributed by atoms with van der Waals surface area (Å²) in [6, 6.07) is 7.40. The number of hydrogen-bond acceptors (Lipinski definition) is 8. The zero-order valence-electron chi connectivity index (χ0n) is 17.8. The number of ether oxygens (including phenoxy) is 2. The second-order valence-corrected chi connectivity index (χ2v) is 7.08. The van der Waals surface area contributed by atoms with Gasteiger partial charge in [0.15, 0.2) is 11.2 Å². The highest BCUT2D eigenvalue weighted by atomic mass is 16.5. The molecule has 0 bridgehead atoms. The van der Waals surface area contributed by atoms with Crippen molar-refractivity contribution in [2.45, 2.75) is 19.6 Å². The van der Waals surface area contributed by atoms with Gasteiger partial charge >= 0.3 is 11.7 Å². The van der Waals surface area contributed by atoms with Crippen LogP contribution in [-0.2, 0) is 30.2 Å². The lowest BCUT2D eigenvalue weighted by molar-refractivity contribution is -0.138. The number of carbonyl (C=O) groups excluding carboxylic acids is 1. The van der Waals surface area contributed by atoms with Crippen LogP contribution in [0.2, 0.25) is 0 Å². The van der Waals surface area contributed by atoms with Crippen LogP contribution in [0.25, 0.3) is 11.2 Å². The number of nitrogens with zero attached hydrogens (tertiary/aromatic N) is 4. The molecule has 0 spiro atoms. The maximum absolute atomic E-state index is 12.8. The average molecular weight is 431 g/mol. The molecule has 0 saturated carbocycles. The Morgan fingerprint density at radius 3 is 2.61 bits per heavy atom. The number of carbonyl (C=O) groups is 1. The van der Waals surface area contributed by atoms with Crippen molar-refractivity contribution in [3.05, 3.63) is 50.7 Å². The standard InChI is InChI=1S/C20H25N5O6/c1-12-7-5-6-8-14(12)31-11-13(26)10-25-16-17(22-19(25)21-9-15(27)30-4)23(2)20(29)24(3)18(16)28/h5-8,13,26H,9-11H2,1-4H3,(H,21,22). The third-order valence-corrected chi connectivity index (χ3v) is 4.88. The van der Waals surface area contributed by atoms with Gasteiger partial charge in [0.25, 0.3) is 5.56 Å². The molecule has 0 aliphatic heterocycles. The van der Waals surface area contributed by atoms with Gasteiger partial charge in [0.05, 0.1) is 13.7 Å². The van der Waals surface area contributed by atoms with Crippen LogP contribution >= 0.6 is 0 Å². The summed E-state index contributed by atoms with van der Waals surface area (Å²) < 4.78 is 13.9. The molecule has 11 heteroatoms. The van der Waals surface area contributed by atoms with Crippen LogP contribution in [0.15, 0.2) is 33.9 Å². The molecule has 0 aliphatic carbocycles. The predicted molar refractivity (Wildman–Crippen MR) is 113 cm³/mol. The zero-order chi connectivity index (χ0) is 22.7. The first kappa shape index (κ1) is 22.1. The topological polar surface area (TPSA) is 130 Å². The van der Waals surface area contributed by atoms with Crippen molar-refractivity contribution in [3.8, 4) is 5.75 Å². The molecule has 11 nitrogen and oxygen atoms in total. The van der Waals surface area contributed by atoms with Crippen molar-refractivity contribution in [2.75, 3.05) is 25.6 Å². The highest BCUT2D eigenvalue weighted by Gasteiger charge is 2.21. The van der Waals surface area contributed by atoms with Gasteiger partial charge in [-0.05, 0) is 18.6 Å². The molecule has 0 fully saturated rings. The highest BCUT2D eigenvalue weighted by Crippen LogP contribution is 2.19. The lowest BCUT2D eigenvalue weighted by Crippen LogP contribution is -2.38. The maximum atomic E-state index is 12.8. The Labute approximate surface area is 177 Å². The number of nitrogens with one attached hydrogen (secondary N) is 1. The van der Waals surface area contributed by atoms with Crippen LogP contribution in [0.1, 0.15) is 5.56 Å². The fourth-order valence-corrected chi connectivity index (χ4v) is 3.15. The summed E-state index contributed by atoms with van der Waals surface area (Å²) in [5.41, 5.74) is 0.0697. The molecule has 2 aromatic heterocycles. The second-order valence-electron chi connectivity index (χ2n) is 7.08. The number of imidazole rings is 1. The van der Waals surface area contributed by atoms with E-state index in [2.05, 4.69) is 15.0 Å². The van der Waals surface area contributed by atoms with Crippen LogP contribution in [0.3, 0.4) is 0 Å². The number of esters is 1. The van der Waals surface area contributed by atoms with E-state index in [0.29, 0.717) is 5.75 Å². The van der Waals surface area contributed by atoms with Gasteiger partial charge in [-0.25, -0.2) is 4.79 Å². The minimum Gasteiger partial charge on any atom is -0.491 e. The Bertz CT molecular complexity index is 1230. The number of fused-ring (bicyclic) bond motifs is 1. The van der Waals surface area contributed by atoms with Crippen LogP contribution in [0.5, 0.6) is 5.75 Å². The van der Waals surface area contributed by atoms with Crippen molar-refractivity contribution in [1.29, 1.82) is 0 Å². The average Bonchev–Trinajstić information content (AvgIpc) is 3.12. The number of rotatable bonds is 8. The van der Waals surface area contributed by atoms with Crippen LogP contribution in [0, 0.1) is 6.92 Å².